The van der Waals surface area contributed by atoms with Gasteiger partial charge in [-0.15, -0.1) is 0 Å². The third-order valence-corrected chi connectivity index (χ3v) is 3.85. The zero-order valence-corrected chi connectivity index (χ0v) is 12.2. The van der Waals surface area contributed by atoms with Crippen LogP contribution in [0.25, 0.3) is 0 Å². The van der Waals surface area contributed by atoms with Gasteiger partial charge < -0.3 is 19.6 Å². The Kier molecular flexibility index (Phi) is 5.12. The number of amides is 2. The van der Waals surface area contributed by atoms with Crippen molar-refractivity contribution in [2.24, 2.45) is 5.92 Å². The van der Waals surface area contributed by atoms with Gasteiger partial charge in [0.15, 0.2) is 0 Å². The maximum atomic E-state index is 12.5. The highest BCUT2D eigenvalue weighted by Crippen LogP contribution is 2.26. The SMILES string of the molecule is O=C(O)CC1COCCN1C(=O)C1CC(=O)N(CC(F)(F)F)C1. The number of alkyl halides is 3. The minimum absolute atomic E-state index is 0.0605. The highest BCUT2D eigenvalue weighted by atomic mass is 19.4. The van der Waals surface area contributed by atoms with Crippen LogP contribution in [0.1, 0.15) is 12.8 Å². The average molecular weight is 338 g/mol. The van der Waals surface area contributed by atoms with Crippen molar-refractivity contribution in [2.75, 3.05) is 32.8 Å². The number of hydrogen-bond acceptors (Lipinski definition) is 4. The fourth-order valence-electron chi connectivity index (χ4n) is 2.86. The predicted octanol–water partition coefficient (Wildman–Crippen LogP) is 0.0993. The normalized spacial score (nSPS) is 25.8. The summed E-state index contributed by atoms with van der Waals surface area (Å²) in [4.78, 5) is 36.9. The molecular weight excluding hydrogens is 321 g/mol. The summed E-state index contributed by atoms with van der Waals surface area (Å²) in [6, 6.07) is -0.666. The summed E-state index contributed by atoms with van der Waals surface area (Å²) in [6.07, 6.45) is -5.11. The van der Waals surface area contributed by atoms with E-state index < -0.39 is 42.5 Å². The minimum atomic E-state index is -4.52. The van der Waals surface area contributed by atoms with E-state index in [-0.39, 0.29) is 39.1 Å². The van der Waals surface area contributed by atoms with Crippen molar-refractivity contribution in [3.63, 3.8) is 0 Å². The number of carboxylic acid groups (broad SMARTS) is 1. The molecule has 23 heavy (non-hydrogen) atoms. The maximum Gasteiger partial charge on any atom is 0.406 e. The second kappa shape index (κ2) is 6.73. The average Bonchev–Trinajstić information content (AvgIpc) is 2.77. The number of carbonyl (C=O) groups is 3. The van der Waals surface area contributed by atoms with Crippen LogP contribution in [0.3, 0.4) is 0 Å². The fourth-order valence-corrected chi connectivity index (χ4v) is 2.86. The highest BCUT2D eigenvalue weighted by molar-refractivity contribution is 5.89. The molecule has 2 atom stereocenters. The molecule has 1 N–H and O–H groups in total. The first-order chi connectivity index (χ1) is 10.7. The fraction of sp³-hybridized carbons (Fsp3) is 0.769. The smallest absolute Gasteiger partial charge is 0.406 e. The molecule has 2 fully saturated rings. The number of aliphatic carboxylic acids is 1. The molecule has 2 aliphatic rings. The second-order valence-electron chi connectivity index (χ2n) is 5.65. The number of halogens is 3. The third kappa shape index (κ3) is 4.57. The lowest BCUT2D eigenvalue weighted by atomic mass is 10.0. The van der Waals surface area contributed by atoms with Gasteiger partial charge in [0.05, 0.1) is 31.6 Å². The van der Waals surface area contributed by atoms with Crippen LogP contribution < -0.4 is 0 Å². The molecule has 0 bridgehead atoms. The first kappa shape index (κ1) is 17.5. The number of rotatable bonds is 4. The van der Waals surface area contributed by atoms with Crippen LogP contribution in [0.4, 0.5) is 13.2 Å². The predicted molar refractivity (Wildman–Crippen MR) is 69.3 cm³/mol. The van der Waals surface area contributed by atoms with Crippen LogP contribution in [0.15, 0.2) is 0 Å². The first-order valence-electron chi connectivity index (χ1n) is 7.12. The molecule has 0 aromatic rings. The van der Waals surface area contributed by atoms with E-state index in [1.165, 1.54) is 4.90 Å². The van der Waals surface area contributed by atoms with Crippen LogP contribution in [0, 0.1) is 5.92 Å². The van der Waals surface area contributed by atoms with Crippen LogP contribution in [0.2, 0.25) is 0 Å². The van der Waals surface area contributed by atoms with E-state index in [1.54, 1.807) is 0 Å². The van der Waals surface area contributed by atoms with Crippen molar-refractivity contribution < 1.29 is 37.4 Å². The molecule has 0 aromatic carbocycles. The Labute approximate surface area is 130 Å². The quantitative estimate of drug-likeness (QED) is 0.786. The van der Waals surface area contributed by atoms with Gasteiger partial charge in [-0.25, -0.2) is 0 Å². The summed E-state index contributed by atoms with van der Waals surface area (Å²) in [5.41, 5.74) is 0. The van der Waals surface area contributed by atoms with Crippen molar-refractivity contribution in [3.05, 3.63) is 0 Å². The van der Waals surface area contributed by atoms with E-state index in [0.717, 1.165) is 0 Å². The van der Waals surface area contributed by atoms with E-state index in [9.17, 15) is 27.6 Å². The monoisotopic (exact) mass is 338 g/mol. The van der Waals surface area contributed by atoms with Gasteiger partial charge in [-0.3, -0.25) is 14.4 Å². The van der Waals surface area contributed by atoms with E-state index in [4.69, 9.17) is 9.84 Å². The standard InChI is InChI=1S/C13H17F3N2O5/c14-13(15,16)7-17-5-8(3-10(17)19)12(22)18-1-2-23-6-9(18)4-11(20)21/h8-9H,1-7H2,(H,20,21). The molecule has 0 spiro atoms. The summed E-state index contributed by atoms with van der Waals surface area (Å²) < 4.78 is 42.3. The van der Waals surface area contributed by atoms with Crippen LogP contribution in [-0.2, 0) is 19.1 Å². The topological polar surface area (TPSA) is 87.1 Å². The number of carbonyl (C=O) groups excluding carboxylic acids is 2. The third-order valence-electron chi connectivity index (χ3n) is 3.85. The number of ether oxygens (including phenoxy) is 1. The van der Waals surface area contributed by atoms with Gasteiger partial charge in [0, 0.05) is 19.5 Å². The molecule has 2 amide bonds. The van der Waals surface area contributed by atoms with E-state index >= 15 is 0 Å². The molecule has 0 radical (unpaired) electrons. The van der Waals surface area contributed by atoms with Gasteiger partial charge in [-0.05, 0) is 0 Å². The summed E-state index contributed by atoms with van der Waals surface area (Å²) in [7, 11) is 0. The molecule has 2 heterocycles. The first-order valence-corrected chi connectivity index (χ1v) is 7.12. The zero-order valence-electron chi connectivity index (χ0n) is 12.2. The van der Waals surface area contributed by atoms with Crippen LogP contribution in [-0.4, -0.2) is 77.8 Å². The van der Waals surface area contributed by atoms with E-state index in [1.807, 2.05) is 0 Å². The molecule has 2 aliphatic heterocycles. The van der Waals surface area contributed by atoms with Crippen molar-refractivity contribution >= 4 is 17.8 Å². The number of morpholine rings is 1. The van der Waals surface area contributed by atoms with E-state index in [0.29, 0.717) is 4.90 Å². The lowest BCUT2D eigenvalue weighted by molar-refractivity contribution is -0.157. The van der Waals surface area contributed by atoms with Crippen molar-refractivity contribution in [1.82, 2.24) is 9.80 Å². The Hall–Kier alpha value is -1.84. The summed E-state index contributed by atoms with van der Waals surface area (Å²) in [5, 5.41) is 8.86. The maximum absolute atomic E-state index is 12.5. The van der Waals surface area contributed by atoms with Crippen molar-refractivity contribution in [1.29, 1.82) is 0 Å². The molecule has 130 valence electrons. The number of likely N-dealkylation sites (tertiary alicyclic amines) is 1. The van der Waals surface area contributed by atoms with E-state index in [2.05, 4.69) is 0 Å². The second-order valence-corrected chi connectivity index (χ2v) is 5.65. The number of carboxylic acids is 1. The van der Waals surface area contributed by atoms with Gasteiger partial charge in [0.1, 0.15) is 6.54 Å². The molecule has 2 rings (SSSR count). The van der Waals surface area contributed by atoms with Crippen molar-refractivity contribution in [2.45, 2.75) is 25.1 Å². The molecule has 0 aliphatic carbocycles. The molecule has 2 saturated heterocycles. The molecule has 7 nitrogen and oxygen atoms in total. The Morgan fingerprint density at radius 2 is 2.04 bits per heavy atom. The van der Waals surface area contributed by atoms with Gasteiger partial charge in [0.2, 0.25) is 11.8 Å². The molecular formula is C13H17F3N2O5. The van der Waals surface area contributed by atoms with Crippen LogP contribution >= 0.6 is 0 Å². The van der Waals surface area contributed by atoms with Crippen LogP contribution in [0.5, 0.6) is 0 Å². The summed E-state index contributed by atoms with van der Waals surface area (Å²) in [6.45, 7) is -1.22. The zero-order chi connectivity index (χ0) is 17.2. The molecule has 0 aromatic heterocycles. The van der Waals surface area contributed by atoms with Gasteiger partial charge in [-0.2, -0.15) is 13.2 Å². The van der Waals surface area contributed by atoms with Crippen molar-refractivity contribution in [3.8, 4) is 0 Å². The Morgan fingerprint density at radius 1 is 1.35 bits per heavy atom. The Balaban J connectivity index is 2.02. The van der Waals surface area contributed by atoms with Gasteiger partial charge >= 0.3 is 12.1 Å². The van der Waals surface area contributed by atoms with Gasteiger partial charge in [-0.1, -0.05) is 0 Å². The Bertz CT molecular complexity index is 496. The summed E-state index contributed by atoms with van der Waals surface area (Å²) >= 11 is 0. The number of nitrogens with zero attached hydrogens (tertiary/aromatic N) is 2. The molecule has 2 unspecified atom stereocenters. The molecule has 10 heteroatoms. The lowest BCUT2D eigenvalue weighted by Crippen LogP contribution is -2.51. The largest absolute Gasteiger partial charge is 0.481 e. The number of hydrogen-bond donors (Lipinski definition) is 1. The summed E-state index contributed by atoms with van der Waals surface area (Å²) in [5.74, 6) is -3.18. The van der Waals surface area contributed by atoms with Gasteiger partial charge in [0.25, 0.3) is 0 Å². The highest BCUT2D eigenvalue weighted by Gasteiger charge is 2.43. The lowest BCUT2D eigenvalue weighted by Gasteiger charge is -2.36. The Morgan fingerprint density at radius 3 is 2.65 bits per heavy atom. The molecule has 0 saturated carbocycles. The minimum Gasteiger partial charge on any atom is -0.481 e.